The van der Waals surface area contributed by atoms with Crippen molar-refractivity contribution in [2.75, 3.05) is 7.11 Å². The largest absolute Gasteiger partial charge is 0.474 e. The lowest BCUT2D eigenvalue weighted by molar-refractivity contribution is 0.143. The number of hydrogen-bond donors (Lipinski definition) is 2. The second-order valence-electron chi connectivity index (χ2n) is 5.21. The van der Waals surface area contributed by atoms with Crippen molar-refractivity contribution in [3.05, 3.63) is 34.7 Å². The molecule has 2 aromatic rings. The van der Waals surface area contributed by atoms with Crippen LogP contribution >= 0.6 is 11.6 Å². The molecule has 1 aromatic heterocycles. The summed E-state index contributed by atoms with van der Waals surface area (Å²) in [6.07, 6.45) is -0.419. The van der Waals surface area contributed by atoms with Gasteiger partial charge in [0.05, 0.1) is 24.3 Å². The lowest BCUT2D eigenvalue weighted by Crippen LogP contribution is -2.30. The number of hydroxylamine groups is 1. The first-order valence-electron chi connectivity index (χ1n) is 7.25. The molecule has 0 saturated heterocycles. The van der Waals surface area contributed by atoms with Crippen molar-refractivity contribution >= 4 is 23.5 Å². The molecule has 0 aliphatic rings. The van der Waals surface area contributed by atoms with Crippen LogP contribution in [0.25, 0.3) is 11.1 Å². The molecule has 0 saturated carbocycles. The fourth-order valence-electron chi connectivity index (χ4n) is 1.99. The number of halogens is 4. The SMILES string of the molecule is CONC(N)=Nc1nc(Cl)c(-c2c(F)cc(F)cc2F)c(OC(C)C)n1. The molecule has 1 aromatic carbocycles. The Morgan fingerprint density at radius 3 is 2.35 bits per heavy atom. The van der Waals surface area contributed by atoms with Gasteiger partial charge in [0.15, 0.2) is 0 Å². The van der Waals surface area contributed by atoms with Gasteiger partial charge in [0, 0.05) is 12.1 Å². The van der Waals surface area contributed by atoms with Gasteiger partial charge in [-0.25, -0.2) is 18.7 Å². The summed E-state index contributed by atoms with van der Waals surface area (Å²) in [5, 5.41) is -0.357. The highest BCUT2D eigenvalue weighted by Crippen LogP contribution is 2.39. The highest BCUT2D eigenvalue weighted by molar-refractivity contribution is 6.32. The zero-order valence-corrected chi connectivity index (χ0v) is 14.7. The number of ether oxygens (including phenoxy) is 1. The van der Waals surface area contributed by atoms with Crippen LogP contribution in [0.5, 0.6) is 5.88 Å². The van der Waals surface area contributed by atoms with E-state index in [0.29, 0.717) is 12.1 Å². The van der Waals surface area contributed by atoms with E-state index in [0.717, 1.165) is 0 Å². The van der Waals surface area contributed by atoms with Gasteiger partial charge in [0.1, 0.15) is 22.6 Å². The van der Waals surface area contributed by atoms with Crippen LogP contribution in [0.4, 0.5) is 19.1 Å². The molecule has 3 N–H and O–H groups in total. The zero-order chi connectivity index (χ0) is 19.4. The number of aromatic nitrogens is 2. The van der Waals surface area contributed by atoms with E-state index in [1.54, 1.807) is 13.8 Å². The maximum absolute atomic E-state index is 14.2. The number of nitrogens with one attached hydrogen (secondary N) is 1. The van der Waals surface area contributed by atoms with E-state index in [1.807, 2.05) is 0 Å². The maximum Gasteiger partial charge on any atom is 0.257 e. The van der Waals surface area contributed by atoms with Crippen molar-refractivity contribution in [3.8, 4) is 17.0 Å². The van der Waals surface area contributed by atoms with Gasteiger partial charge in [0.2, 0.25) is 11.8 Å². The van der Waals surface area contributed by atoms with Crippen molar-refractivity contribution in [2.24, 2.45) is 10.7 Å². The van der Waals surface area contributed by atoms with Gasteiger partial charge in [-0.05, 0) is 13.8 Å². The predicted octanol–water partition coefficient (Wildman–Crippen LogP) is 3.10. The minimum absolute atomic E-state index is 0.189. The minimum atomic E-state index is -1.18. The smallest absolute Gasteiger partial charge is 0.257 e. The third-order valence-electron chi connectivity index (χ3n) is 2.85. The average molecular weight is 390 g/mol. The molecule has 11 heteroatoms. The van der Waals surface area contributed by atoms with Crippen molar-refractivity contribution in [2.45, 2.75) is 20.0 Å². The second kappa shape index (κ2) is 8.19. The van der Waals surface area contributed by atoms with Gasteiger partial charge in [-0.2, -0.15) is 15.0 Å². The summed E-state index contributed by atoms with van der Waals surface area (Å²) in [7, 11) is 1.31. The first-order chi connectivity index (χ1) is 12.2. The highest BCUT2D eigenvalue weighted by atomic mass is 35.5. The number of nitrogens with zero attached hydrogens (tertiary/aromatic N) is 3. The number of benzene rings is 1. The van der Waals surface area contributed by atoms with E-state index >= 15 is 0 Å². The third-order valence-corrected chi connectivity index (χ3v) is 3.12. The summed E-state index contributed by atoms with van der Waals surface area (Å²) in [4.78, 5) is 16.2. The predicted molar refractivity (Wildman–Crippen MR) is 89.5 cm³/mol. The molecule has 0 unspecified atom stereocenters. The first kappa shape index (κ1) is 19.7. The van der Waals surface area contributed by atoms with Crippen molar-refractivity contribution in [1.82, 2.24) is 15.4 Å². The molecule has 26 heavy (non-hydrogen) atoms. The molecular formula is C15H15ClF3N5O2. The highest BCUT2D eigenvalue weighted by Gasteiger charge is 2.24. The fourth-order valence-corrected chi connectivity index (χ4v) is 2.24. The van der Waals surface area contributed by atoms with Gasteiger partial charge < -0.3 is 10.5 Å². The van der Waals surface area contributed by atoms with Crippen molar-refractivity contribution in [3.63, 3.8) is 0 Å². The molecule has 0 atom stereocenters. The summed E-state index contributed by atoms with van der Waals surface area (Å²) < 4.78 is 47.0. The molecule has 0 fully saturated rings. The zero-order valence-electron chi connectivity index (χ0n) is 14.0. The van der Waals surface area contributed by atoms with Crippen LogP contribution in [0.2, 0.25) is 5.15 Å². The van der Waals surface area contributed by atoms with Crippen LogP contribution in [0.3, 0.4) is 0 Å². The topological polar surface area (TPSA) is 94.7 Å². The summed E-state index contributed by atoms with van der Waals surface area (Å²) >= 11 is 6.08. The number of guanidine groups is 1. The number of nitrogens with two attached hydrogens (primary N) is 1. The van der Waals surface area contributed by atoms with Crippen LogP contribution in [0.15, 0.2) is 17.1 Å². The Hall–Kier alpha value is -2.59. The van der Waals surface area contributed by atoms with Crippen LogP contribution in [-0.2, 0) is 4.84 Å². The third kappa shape index (κ3) is 4.52. The lowest BCUT2D eigenvalue weighted by atomic mass is 10.1. The number of aliphatic imine (C=N–C) groups is 1. The van der Waals surface area contributed by atoms with E-state index in [1.165, 1.54) is 7.11 Å². The van der Waals surface area contributed by atoms with Gasteiger partial charge in [0.25, 0.3) is 5.95 Å². The Labute approximate surface area is 152 Å². The Balaban J connectivity index is 2.68. The van der Waals surface area contributed by atoms with Gasteiger partial charge >= 0.3 is 0 Å². The molecule has 0 aliphatic heterocycles. The molecule has 0 amide bonds. The molecule has 7 nitrogen and oxygen atoms in total. The summed E-state index contributed by atoms with van der Waals surface area (Å²) in [5.74, 6) is -4.11. The van der Waals surface area contributed by atoms with E-state index < -0.39 is 29.1 Å². The van der Waals surface area contributed by atoms with Crippen LogP contribution in [-0.4, -0.2) is 29.1 Å². The minimum Gasteiger partial charge on any atom is -0.474 e. The number of rotatable bonds is 5. The molecule has 0 bridgehead atoms. The van der Waals surface area contributed by atoms with Gasteiger partial charge in [-0.15, -0.1) is 0 Å². The standard InChI is InChI=1S/C15H15ClF3N5O2/c1-6(2)26-13-11(10-8(18)4-7(17)5-9(10)19)12(16)21-15(22-13)23-14(20)24-25-3/h4-6H,1-3H3,(H3,20,21,22,23,24). The van der Waals surface area contributed by atoms with Gasteiger partial charge in [-0.3, -0.25) is 4.84 Å². The second-order valence-corrected chi connectivity index (χ2v) is 5.57. The van der Waals surface area contributed by atoms with E-state index in [-0.39, 0.29) is 28.5 Å². The van der Waals surface area contributed by atoms with Crippen molar-refractivity contribution < 1.29 is 22.7 Å². The quantitative estimate of drug-likeness (QED) is 0.353. The van der Waals surface area contributed by atoms with E-state index in [2.05, 4.69) is 25.3 Å². The van der Waals surface area contributed by atoms with Crippen LogP contribution < -0.4 is 16.0 Å². The summed E-state index contributed by atoms with van der Waals surface area (Å²) in [6, 6.07) is 1.03. The Morgan fingerprint density at radius 2 is 1.81 bits per heavy atom. The Kier molecular flexibility index (Phi) is 6.22. The monoisotopic (exact) mass is 389 g/mol. The van der Waals surface area contributed by atoms with Crippen LogP contribution in [0.1, 0.15) is 13.8 Å². The molecule has 140 valence electrons. The molecular weight excluding hydrogens is 375 g/mol. The molecule has 0 spiro atoms. The average Bonchev–Trinajstić information content (AvgIpc) is 2.48. The molecule has 1 heterocycles. The molecule has 0 aliphatic carbocycles. The Morgan fingerprint density at radius 1 is 1.19 bits per heavy atom. The fraction of sp³-hybridized carbons (Fsp3) is 0.267. The maximum atomic E-state index is 14.2. The van der Waals surface area contributed by atoms with E-state index in [4.69, 9.17) is 22.1 Å². The first-order valence-corrected chi connectivity index (χ1v) is 7.63. The lowest BCUT2D eigenvalue weighted by Gasteiger charge is -2.15. The number of hydrogen-bond acceptors (Lipinski definition) is 5. The van der Waals surface area contributed by atoms with Gasteiger partial charge in [-0.1, -0.05) is 11.6 Å². The molecule has 2 rings (SSSR count). The van der Waals surface area contributed by atoms with Crippen molar-refractivity contribution in [1.29, 1.82) is 0 Å². The van der Waals surface area contributed by atoms with E-state index in [9.17, 15) is 13.2 Å². The summed E-state index contributed by atoms with van der Waals surface area (Å²) in [6.45, 7) is 3.34. The van der Waals surface area contributed by atoms with Crippen LogP contribution in [0, 0.1) is 17.5 Å². The Bertz CT molecular complexity index is 825. The normalized spacial score (nSPS) is 11.8. The molecule has 0 radical (unpaired) electrons. The summed E-state index contributed by atoms with van der Waals surface area (Å²) in [5.41, 5.74) is 6.88.